The quantitative estimate of drug-likeness (QED) is 0.558. The van der Waals surface area contributed by atoms with Crippen molar-refractivity contribution >= 4 is 35.1 Å². The molecule has 2 rings (SSSR count). The van der Waals surface area contributed by atoms with E-state index in [0.29, 0.717) is 21.5 Å². The van der Waals surface area contributed by atoms with E-state index in [4.69, 9.17) is 39.1 Å². The molecule has 23 heavy (non-hydrogen) atoms. The van der Waals surface area contributed by atoms with Crippen LogP contribution in [0.2, 0.25) is 10.0 Å². The van der Waals surface area contributed by atoms with Crippen molar-refractivity contribution in [3.63, 3.8) is 0 Å². The predicted molar refractivity (Wildman–Crippen MR) is 95.8 cm³/mol. The highest BCUT2D eigenvalue weighted by atomic mass is 35.5. The van der Waals surface area contributed by atoms with Crippen LogP contribution in [0.5, 0.6) is 11.5 Å². The van der Waals surface area contributed by atoms with Crippen LogP contribution in [0, 0.1) is 19.3 Å². The number of hydrogen-bond donors (Lipinski definition) is 0. The van der Waals surface area contributed by atoms with Crippen molar-refractivity contribution in [2.24, 2.45) is 4.99 Å². The molecule has 0 amide bonds. The third-order valence-electron chi connectivity index (χ3n) is 3.07. The van der Waals surface area contributed by atoms with Crippen LogP contribution in [-0.4, -0.2) is 19.9 Å². The van der Waals surface area contributed by atoms with Crippen LogP contribution in [-0.2, 0) is 0 Å². The highest BCUT2D eigenvalue weighted by molar-refractivity contribution is 6.32. The zero-order valence-electron chi connectivity index (χ0n) is 12.8. The number of benzene rings is 2. The van der Waals surface area contributed by atoms with Crippen molar-refractivity contribution in [2.75, 3.05) is 13.7 Å². The van der Waals surface area contributed by atoms with Gasteiger partial charge >= 0.3 is 0 Å². The van der Waals surface area contributed by atoms with Crippen LogP contribution in [0.1, 0.15) is 11.1 Å². The summed E-state index contributed by atoms with van der Waals surface area (Å²) in [6, 6.07) is 9.11. The molecule has 0 unspecified atom stereocenters. The lowest BCUT2D eigenvalue weighted by Crippen LogP contribution is -1.98. The summed E-state index contributed by atoms with van der Waals surface area (Å²) in [6.45, 7) is 2.06. The Morgan fingerprint density at radius 3 is 2.65 bits per heavy atom. The van der Waals surface area contributed by atoms with E-state index < -0.39 is 0 Å². The van der Waals surface area contributed by atoms with Gasteiger partial charge in [-0.15, -0.1) is 6.42 Å². The van der Waals surface area contributed by atoms with E-state index >= 15 is 0 Å². The highest BCUT2D eigenvalue weighted by Crippen LogP contribution is 2.36. The van der Waals surface area contributed by atoms with E-state index in [1.165, 1.54) is 7.11 Å². The summed E-state index contributed by atoms with van der Waals surface area (Å²) in [5, 5.41) is 1.08. The number of ether oxygens (including phenoxy) is 2. The molecule has 0 spiro atoms. The van der Waals surface area contributed by atoms with Gasteiger partial charge in [0.1, 0.15) is 6.61 Å². The molecule has 0 aliphatic heterocycles. The van der Waals surface area contributed by atoms with Crippen LogP contribution in [0.3, 0.4) is 0 Å². The maximum absolute atomic E-state index is 6.22. The van der Waals surface area contributed by atoms with Gasteiger partial charge in [0.25, 0.3) is 0 Å². The normalized spacial score (nSPS) is 10.6. The molecule has 0 aliphatic rings. The molecule has 0 saturated heterocycles. The lowest BCUT2D eigenvalue weighted by molar-refractivity contribution is 0.331. The molecule has 0 bridgehead atoms. The molecule has 0 heterocycles. The van der Waals surface area contributed by atoms with Gasteiger partial charge in [0.15, 0.2) is 11.5 Å². The molecular formula is C18H15Cl2NO2. The van der Waals surface area contributed by atoms with Crippen molar-refractivity contribution in [1.29, 1.82) is 0 Å². The lowest BCUT2D eigenvalue weighted by Gasteiger charge is -2.11. The lowest BCUT2D eigenvalue weighted by atomic mass is 10.2. The summed E-state index contributed by atoms with van der Waals surface area (Å²) in [4.78, 5) is 4.39. The average molecular weight is 348 g/mol. The molecule has 0 atom stereocenters. The Balaban J connectivity index is 2.29. The number of aryl methyl sites for hydroxylation is 1. The minimum atomic E-state index is 0.116. The Hall–Kier alpha value is -2.15. The molecule has 118 valence electrons. The van der Waals surface area contributed by atoms with Crippen molar-refractivity contribution < 1.29 is 9.47 Å². The molecule has 5 heteroatoms. The summed E-state index contributed by atoms with van der Waals surface area (Å²) in [5.74, 6) is 3.31. The Labute approximate surface area is 145 Å². The Morgan fingerprint density at radius 2 is 2.00 bits per heavy atom. The smallest absolute Gasteiger partial charge is 0.181 e. The fourth-order valence-corrected chi connectivity index (χ4v) is 2.33. The summed E-state index contributed by atoms with van der Waals surface area (Å²) in [5.41, 5.74) is 2.53. The highest BCUT2D eigenvalue weighted by Gasteiger charge is 2.11. The second kappa shape index (κ2) is 7.92. The monoisotopic (exact) mass is 347 g/mol. The van der Waals surface area contributed by atoms with E-state index in [2.05, 4.69) is 10.9 Å². The molecular weight excluding hydrogens is 333 g/mol. The summed E-state index contributed by atoms with van der Waals surface area (Å²) in [7, 11) is 1.54. The third kappa shape index (κ3) is 4.41. The zero-order valence-corrected chi connectivity index (χ0v) is 14.3. The second-order valence-corrected chi connectivity index (χ2v) is 5.53. The van der Waals surface area contributed by atoms with Gasteiger partial charge in [-0.2, -0.15) is 0 Å². The fraction of sp³-hybridized carbons (Fsp3) is 0.167. The second-order valence-electron chi connectivity index (χ2n) is 4.72. The molecule has 0 aromatic heterocycles. The van der Waals surface area contributed by atoms with E-state index in [1.54, 1.807) is 24.4 Å². The van der Waals surface area contributed by atoms with Crippen molar-refractivity contribution in [2.45, 2.75) is 6.92 Å². The minimum Gasteiger partial charge on any atom is -0.493 e. The van der Waals surface area contributed by atoms with Gasteiger partial charge < -0.3 is 9.47 Å². The van der Waals surface area contributed by atoms with Crippen LogP contribution in [0.15, 0.2) is 35.3 Å². The summed E-state index contributed by atoms with van der Waals surface area (Å²) in [6.07, 6.45) is 6.87. The van der Waals surface area contributed by atoms with E-state index in [1.807, 2.05) is 19.1 Å². The third-order valence-corrected chi connectivity index (χ3v) is 3.76. The van der Waals surface area contributed by atoms with E-state index in [9.17, 15) is 0 Å². The SMILES string of the molecule is C#CCOc1c(Cl)cc(C=Nc2ccc(C)c(Cl)c2)cc1OC. The topological polar surface area (TPSA) is 30.8 Å². The number of rotatable bonds is 5. The minimum absolute atomic E-state index is 0.116. The first kappa shape index (κ1) is 17.2. The van der Waals surface area contributed by atoms with E-state index in [-0.39, 0.29) is 6.61 Å². The first-order valence-electron chi connectivity index (χ1n) is 6.79. The van der Waals surface area contributed by atoms with Gasteiger partial charge in [0.05, 0.1) is 17.8 Å². The van der Waals surface area contributed by atoms with Crippen LogP contribution in [0.4, 0.5) is 5.69 Å². The summed E-state index contributed by atoms with van der Waals surface area (Å²) >= 11 is 12.3. The van der Waals surface area contributed by atoms with Gasteiger partial charge in [-0.25, -0.2) is 0 Å². The summed E-state index contributed by atoms with van der Waals surface area (Å²) < 4.78 is 10.7. The molecule has 2 aromatic carbocycles. The molecule has 0 fully saturated rings. The molecule has 0 radical (unpaired) electrons. The van der Waals surface area contributed by atoms with Gasteiger partial charge in [0.2, 0.25) is 0 Å². The first-order chi connectivity index (χ1) is 11.0. The molecule has 3 nitrogen and oxygen atoms in total. The van der Waals surface area contributed by atoms with Crippen molar-refractivity contribution in [3.8, 4) is 23.8 Å². The average Bonchev–Trinajstić information content (AvgIpc) is 2.54. The van der Waals surface area contributed by atoms with E-state index in [0.717, 1.165) is 16.8 Å². The number of hydrogen-bond acceptors (Lipinski definition) is 3. The number of nitrogens with zero attached hydrogens (tertiary/aromatic N) is 1. The maximum atomic E-state index is 6.22. The standard InChI is InChI=1S/C18H15Cl2NO2/c1-4-7-23-18-16(20)8-13(9-17(18)22-3)11-21-14-6-5-12(2)15(19)10-14/h1,5-6,8-11H,7H2,2-3H3. The first-order valence-corrected chi connectivity index (χ1v) is 7.54. The van der Waals surface area contributed by atoms with Crippen LogP contribution in [0.25, 0.3) is 0 Å². The Morgan fingerprint density at radius 1 is 1.22 bits per heavy atom. The molecule has 2 aromatic rings. The van der Waals surface area contributed by atoms with Gasteiger partial charge in [-0.05, 0) is 42.3 Å². The van der Waals surface area contributed by atoms with Gasteiger partial charge in [-0.1, -0.05) is 35.2 Å². The maximum Gasteiger partial charge on any atom is 0.181 e. The number of terminal acetylenes is 1. The fourth-order valence-electron chi connectivity index (χ4n) is 1.88. The van der Waals surface area contributed by atoms with Gasteiger partial charge in [0, 0.05) is 11.2 Å². The van der Waals surface area contributed by atoms with Crippen molar-refractivity contribution in [1.82, 2.24) is 0 Å². The zero-order chi connectivity index (χ0) is 16.8. The molecule has 0 aliphatic carbocycles. The predicted octanol–water partition coefficient (Wildman–Crippen LogP) is 5.07. The van der Waals surface area contributed by atoms with Crippen LogP contribution < -0.4 is 9.47 Å². The number of halogens is 2. The number of methoxy groups -OCH3 is 1. The molecule has 0 N–H and O–H groups in total. The Kier molecular flexibility index (Phi) is 5.92. The molecule has 0 saturated carbocycles. The largest absolute Gasteiger partial charge is 0.493 e. The Bertz CT molecular complexity index is 779. The van der Waals surface area contributed by atoms with Crippen LogP contribution >= 0.6 is 23.2 Å². The van der Waals surface area contributed by atoms with Gasteiger partial charge in [-0.3, -0.25) is 4.99 Å². The number of aliphatic imine (C=N–C) groups is 1. The van der Waals surface area contributed by atoms with Crippen molar-refractivity contribution in [3.05, 3.63) is 51.5 Å².